The van der Waals surface area contributed by atoms with Crippen LogP contribution < -0.4 is 4.90 Å². The standard InChI is InChI=1S/C29H24ClF6N3O/c30-25-16-20(9-12-37-25)26(40)39-18-27(23-17-22(29(34,35)36)7-8-24(23)39)10-14-38(15-11-27)13-1-2-19-3-5-21(6-4-19)28(31,32)33/h1-9,12,16-17H,10-11,13-15,18H2. The monoisotopic (exact) mass is 579 g/mol. The van der Waals surface area contributed by atoms with Crippen LogP contribution in [0.4, 0.5) is 32.0 Å². The Hall–Kier alpha value is -3.37. The second-order valence-corrected chi connectivity index (χ2v) is 10.5. The Morgan fingerprint density at radius 3 is 2.20 bits per heavy atom. The molecule has 0 N–H and O–H groups in total. The summed E-state index contributed by atoms with van der Waals surface area (Å²) in [7, 11) is 0. The lowest BCUT2D eigenvalue weighted by Crippen LogP contribution is -2.46. The van der Waals surface area contributed by atoms with Gasteiger partial charge in [-0.15, -0.1) is 0 Å². The zero-order chi connectivity index (χ0) is 28.7. The van der Waals surface area contributed by atoms with E-state index in [2.05, 4.69) is 9.88 Å². The van der Waals surface area contributed by atoms with E-state index in [9.17, 15) is 31.1 Å². The predicted molar refractivity (Wildman–Crippen MR) is 140 cm³/mol. The number of rotatable bonds is 4. The van der Waals surface area contributed by atoms with Crippen molar-refractivity contribution in [2.45, 2.75) is 30.6 Å². The van der Waals surface area contributed by atoms with Crippen LogP contribution in [-0.2, 0) is 17.8 Å². The van der Waals surface area contributed by atoms with E-state index in [4.69, 9.17) is 11.6 Å². The minimum Gasteiger partial charge on any atom is -0.307 e. The summed E-state index contributed by atoms with van der Waals surface area (Å²) < 4.78 is 79.2. The van der Waals surface area contributed by atoms with Crippen molar-refractivity contribution < 1.29 is 31.1 Å². The van der Waals surface area contributed by atoms with Gasteiger partial charge in [0.15, 0.2) is 0 Å². The summed E-state index contributed by atoms with van der Waals surface area (Å²) in [5.74, 6) is -0.357. The average molecular weight is 580 g/mol. The number of alkyl halides is 6. The molecule has 11 heteroatoms. The van der Waals surface area contributed by atoms with Crippen LogP contribution in [0.25, 0.3) is 6.08 Å². The molecular weight excluding hydrogens is 556 g/mol. The molecule has 1 amide bonds. The molecule has 4 nitrogen and oxygen atoms in total. The summed E-state index contributed by atoms with van der Waals surface area (Å²) in [4.78, 5) is 21.0. The third-order valence-electron chi connectivity index (χ3n) is 7.59. The zero-order valence-electron chi connectivity index (χ0n) is 21.1. The lowest BCUT2D eigenvalue weighted by molar-refractivity contribution is -0.138. The molecule has 40 heavy (non-hydrogen) atoms. The summed E-state index contributed by atoms with van der Waals surface area (Å²) in [5.41, 5.74) is -0.205. The normalized spacial score (nSPS) is 17.5. The first kappa shape index (κ1) is 28.2. The highest BCUT2D eigenvalue weighted by Gasteiger charge is 2.47. The molecule has 0 aliphatic carbocycles. The van der Waals surface area contributed by atoms with Gasteiger partial charge in [-0.1, -0.05) is 35.9 Å². The first-order chi connectivity index (χ1) is 18.9. The van der Waals surface area contributed by atoms with Crippen molar-refractivity contribution in [3.63, 3.8) is 0 Å². The van der Waals surface area contributed by atoms with Crippen molar-refractivity contribution in [1.82, 2.24) is 9.88 Å². The molecule has 0 saturated carbocycles. The number of fused-ring (bicyclic) bond motifs is 2. The van der Waals surface area contributed by atoms with E-state index in [1.54, 1.807) is 6.08 Å². The van der Waals surface area contributed by atoms with Gasteiger partial charge in [-0.3, -0.25) is 9.69 Å². The number of benzene rings is 2. The van der Waals surface area contributed by atoms with Crippen LogP contribution in [0.2, 0.25) is 5.15 Å². The van der Waals surface area contributed by atoms with E-state index < -0.39 is 28.9 Å². The maximum Gasteiger partial charge on any atom is 0.416 e. The molecule has 210 valence electrons. The third kappa shape index (κ3) is 5.74. The van der Waals surface area contributed by atoms with Crippen molar-refractivity contribution in [3.8, 4) is 0 Å². The van der Waals surface area contributed by atoms with Crippen molar-refractivity contribution >= 4 is 29.3 Å². The summed E-state index contributed by atoms with van der Waals surface area (Å²) in [6, 6.07) is 11.4. The summed E-state index contributed by atoms with van der Waals surface area (Å²) in [5, 5.41) is 0.144. The smallest absolute Gasteiger partial charge is 0.307 e. The Balaban J connectivity index is 1.33. The highest BCUT2D eigenvalue weighted by molar-refractivity contribution is 6.29. The molecule has 0 unspecified atom stereocenters. The molecular formula is C29H24ClF6N3O. The number of anilines is 1. The molecule has 0 bridgehead atoms. The topological polar surface area (TPSA) is 36.4 Å². The van der Waals surface area contributed by atoms with Crippen molar-refractivity contribution in [2.75, 3.05) is 31.1 Å². The van der Waals surface area contributed by atoms with Crippen LogP contribution in [0, 0.1) is 0 Å². The van der Waals surface area contributed by atoms with Gasteiger partial charge in [0, 0.05) is 36.0 Å². The molecule has 5 rings (SSSR count). The molecule has 3 heterocycles. The van der Waals surface area contributed by atoms with Gasteiger partial charge in [-0.25, -0.2) is 4.98 Å². The van der Waals surface area contributed by atoms with Gasteiger partial charge in [0.25, 0.3) is 5.91 Å². The van der Waals surface area contributed by atoms with Crippen molar-refractivity contribution in [1.29, 1.82) is 0 Å². The van der Waals surface area contributed by atoms with Gasteiger partial charge in [-0.05, 0) is 79.5 Å². The van der Waals surface area contributed by atoms with E-state index in [-0.39, 0.29) is 17.6 Å². The molecule has 1 saturated heterocycles. The third-order valence-corrected chi connectivity index (χ3v) is 7.80. The fraction of sp³-hybridized carbons (Fsp3) is 0.310. The fourth-order valence-corrected chi connectivity index (χ4v) is 5.60. The summed E-state index contributed by atoms with van der Waals surface area (Å²) >= 11 is 5.97. The average Bonchev–Trinajstić information content (AvgIpc) is 3.22. The molecule has 2 aromatic carbocycles. The molecule has 1 aromatic heterocycles. The number of hydrogen-bond donors (Lipinski definition) is 0. The Kier molecular flexibility index (Phi) is 7.43. The van der Waals surface area contributed by atoms with E-state index in [0.717, 1.165) is 18.2 Å². The number of carbonyl (C=O) groups excluding carboxylic acids is 1. The van der Waals surface area contributed by atoms with Gasteiger partial charge in [-0.2, -0.15) is 26.3 Å². The largest absolute Gasteiger partial charge is 0.416 e. The van der Waals surface area contributed by atoms with Crippen LogP contribution in [-0.4, -0.2) is 42.0 Å². The maximum atomic E-state index is 13.6. The molecule has 0 atom stereocenters. The van der Waals surface area contributed by atoms with E-state index in [1.165, 1.54) is 47.5 Å². The van der Waals surface area contributed by atoms with Crippen LogP contribution in [0.5, 0.6) is 0 Å². The lowest BCUT2D eigenvalue weighted by atomic mass is 9.74. The van der Waals surface area contributed by atoms with Crippen LogP contribution in [0.1, 0.15) is 45.5 Å². The van der Waals surface area contributed by atoms with E-state index in [1.807, 2.05) is 6.08 Å². The number of likely N-dealkylation sites (tertiary alicyclic amines) is 1. The van der Waals surface area contributed by atoms with E-state index in [0.29, 0.717) is 54.9 Å². The Morgan fingerprint density at radius 2 is 1.57 bits per heavy atom. The number of amides is 1. The lowest BCUT2D eigenvalue weighted by Gasteiger charge is -2.39. The first-order valence-corrected chi connectivity index (χ1v) is 12.9. The van der Waals surface area contributed by atoms with Crippen LogP contribution >= 0.6 is 11.6 Å². The Morgan fingerprint density at radius 1 is 0.925 bits per heavy atom. The minimum absolute atomic E-state index is 0.144. The predicted octanol–water partition coefficient (Wildman–Crippen LogP) is 7.48. The summed E-state index contributed by atoms with van der Waals surface area (Å²) in [6.45, 7) is 1.94. The quantitative estimate of drug-likeness (QED) is 0.237. The van der Waals surface area contributed by atoms with Crippen LogP contribution in [0.15, 0.2) is 66.9 Å². The fourth-order valence-electron chi connectivity index (χ4n) is 5.43. The Bertz CT molecular complexity index is 1430. The second-order valence-electron chi connectivity index (χ2n) is 10.1. The van der Waals surface area contributed by atoms with Crippen LogP contribution in [0.3, 0.4) is 0 Å². The van der Waals surface area contributed by atoms with Gasteiger partial charge >= 0.3 is 12.4 Å². The van der Waals surface area contributed by atoms with Gasteiger partial charge in [0.2, 0.25) is 0 Å². The number of pyridine rings is 1. The zero-order valence-corrected chi connectivity index (χ0v) is 21.8. The Labute approximate surface area is 231 Å². The van der Waals surface area contributed by atoms with Crippen molar-refractivity contribution in [3.05, 3.63) is 99.8 Å². The minimum atomic E-state index is -4.52. The second kappa shape index (κ2) is 10.6. The number of halogens is 7. The number of aromatic nitrogens is 1. The van der Waals surface area contributed by atoms with Gasteiger partial charge in [0.1, 0.15) is 5.15 Å². The molecule has 1 spiro atoms. The number of carbonyl (C=O) groups is 1. The highest BCUT2D eigenvalue weighted by atomic mass is 35.5. The SMILES string of the molecule is O=C(c1ccnc(Cl)c1)N1CC2(CCN(CC=Cc3ccc(C(F)(F)F)cc3)CC2)c2cc(C(F)(F)F)ccc21. The highest BCUT2D eigenvalue weighted by Crippen LogP contribution is 2.49. The number of nitrogens with zero attached hydrogens (tertiary/aromatic N) is 3. The maximum absolute atomic E-state index is 13.6. The first-order valence-electron chi connectivity index (χ1n) is 12.6. The molecule has 3 aromatic rings. The summed E-state index contributed by atoms with van der Waals surface area (Å²) in [6.07, 6.45) is -2.83. The number of piperidine rings is 1. The van der Waals surface area contributed by atoms with Crippen molar-refractivity contribution in [2.24, 2.45) is 0 Å². The molecule has 2 aliphatic rings. The van der Waals surface area contributed by atoms with Gasteiger partial charge in [0.05, 0.1) is 11.1 Å². The number of hydrogen-bond acceptors (Lipinski definition) is 3. The van der Waals surface area contributed by atoms with Gasteiger partial charge < -0.3 is 4.90 Å². The molecule has 1 fully saturated rings. The molecule has 0 radical (unpaired) electrons. The molecule has 2 aliphatic heterocycles. The van der Waals surface area contributed by atoms with E-state index >= 15 is 0 Å².